The van der Waals surface area contributed by atoms with E-state index < -0.39 is 31.2 Å². The van der Waals surface area contributed by atoms with Crippen LogP contribution in [0.2, 0.25) is 0 Å². The van der Waals surface area contributed by atoms with Gasteiger partial charge in [0, 0.05) is 0 Å². The average molecular weight is 679 g/mol. The summed E-state index contributed by atoms with van der Waals surface area (Å²) in [6, 6.07) is 0. The molecular weight excluding hydrogens is 612 g/mol. The molecule has 0 bridgehead atoms. The maximum absolute atomic E-state index is 11.4. The SMILES string of the molecule is C.C.C.C=C.C=C(C)C.CC(C)(C)CCOS(=O)(=O)O.CC(C)(C)CCOS(=O)(=O)OCCC(C)(C)C.O=S(=O)(O)O. The Morgan fingerprint density at radius 2 is 0.738 bits per heavy atom. The van der Waals surface area contributed by atoms with Crippen LogP contribution in [0.3, 0.4) is 0 Å². The Morgan fingerprint density at radius 1 is 0.571 bits per heavy atom. The summed E-state index contributed by atoms with van der Waals surface area (Å²) in [4.78, 5) is 0. The third-order valence-electron chi connectivity index (χ3n) is 3.24. The van der Waals surface area contributed by atoms with Crippen LogP contribution in [0, 0.1) is 16.2 Å². The van der Waals surface area contributed by atoms with Crippen molar-refractivity contribution >= 4 is 31.2 Å². The molecule has 12 nitrogen and oxygen atoms in total. The minimum absolute atomic E-state index is 0. The van der Waals surface area contributed by atoms with E-state index in [0.717, 1.165) is 0 Å². The van der Waals surface area contributed by atoms with E-state index >= 15 is 0 Å². The summed E-state index contributed by atoms with van der Waals surface area (Å²) < 4.78 is 96.2. The Kier molecular flexibility index (Phi) is 39.7. The Labute approximate surface area is 261 Å². The van der Waals surface area contributed by atoms with Gasteiger partial charge in [-0.1, -0.05) is 90.2 Å². The molecule has 0 aromatic heterocycles. The molecule has 0 aliphatic rings. The Bertz CT molecular complexity index is 898. The quantitative estimate of drug-likeness (QED) is 0.157. The molecule has 0 saturated carbocycles. The van der Waals surface area contributed by atoms with E-state index in [1.54, 1.807) is 0 Å². The van der Waals surface area contributed by atoms with E-state index in [1.807, 2.05) is 76.2 Å². The fraction of sp³-hybridized carbons (Fsp3) is 0.852. The Morgan fingerprint density at radius 3 is 0.881 bits per heavy atom. The second-order valence-corrected chi connectivity index (χ2v) is 15.2. The second kappa shape index (κ2) is 27.6. The first-order valence-electron chi connectivity index (χ1n) is 11.8. The molecule has 3 N–H and O–H groups in total. The first-order chi connectivity index (χ1) is 16.9. The van der Waals surface area contributed by atoms with E-state index in [9.17, 15) is 16.8 Å². The number of hydrogen-bond acceptors (Lipinski definition) is 9. The fourth-order valence-electron chi connectivity index (χ4n) is 1.39. The van der Waals surface area contributed by atoms with Gasteiger partial charge in [0.05, 0.1) is 19.8 Å². The van der Waals surface area contributed by atoms with E-state index in [4.69, 9.17) is 30.4 Å². The van der Waals surface area contributed by atoms with Crippen LogP contribution in [0.1, 0.15) is 118 Å². The minimum atomic E-state index is -4.67. The summed E-state index contributed by atoms with van der Waals surface area (Å²) in [7, 11) is -12.7. The topological polar surface area (TPSA) is 191 Å². The summed E-state index contributed by atoms with van der Waals surface area (Å²) in [5, 5.41) is 0. The second-order valence-electron chi connectivity index (χ2n) is 11.9. The van der Waals surface area contributed by atoms with Crippen molar-refractivity contribution in [2.75, 3.05) is 19.8 Å². The van der Waals surface area contributed by atoms with Crippen LogP contribution in [-0.2, 0) is 43.7 Å². The highest BCUT2D eigenvalue weighted by Crippen LogP contribution is 2.20. The van der Waals surface area contributed by atoms with Crippen LogP contribution >= 0.6 is 0 Å². The van der Waals surface area contributed by atoms with Crippen molar-refractivity contribution in [1.29, 1.82) is 0 Å². The van der Waals surface area contributed by atoms with Crippen molar-refractivity contribution in [3.05, 3.63) is 25.3 Å². The van der Waals surface area contributed by atoms with Crippen molar-refractivity contribution < 1.29 is 51.5 Å². The van der Waals surface area contributed by atoms with Gasteiger partial charge in [-0.3, -0.25) is 13.7 Å². The van der Waals surface area contributed by atoms with Gasteiger partial charge in [-0.2, -0.15) is 25.3 Å². The minimum Gasteiger partial charge on any atom is -0.264 e. The standard InChI is InChI=1S/C12H26O4S.C6H14O4S.C4H8.C2H4.3CH4.H2O4S/c1-11(2,3)7-9-15-17(13,14)16-10-8-12(4,5)6;1-6(2,3)4-5-10-11(7,8)9;1-4(2)3;1-2;;;;1-5(2,3)4/h7-10H2,1-6H3;4-5H2,1-3H3,(H,7,8,9);1H2,2-3H3;1-2H2;3*1H4;(H2,1,2,3,4). The summed E-state index contributed by atoms with van der Waals surface area (Å²) in [5.41, 5.74) is 1.30. The third-order valence-corrected chi connectivity index (χ3v) is 4.62. The fourth-order valence-corrected chi connectivity index (χ4v) is 2.32. The maximum atomic E-state index is 11.4. The Hall–Kier alpha value is -0.910. The monoisotopic (exact) mass is 678 g/mol. The molecule has 0 rings (SSSR count). The van der Waals surface area contributed by atoms with Crippen molar-refractivity contribution in [2.24, 2.45) is 16.2 Å². The average Bonchev–Trinajstić information content (AvgIpc) is 2.57. The van der Waals surface area contributed by atoms with Gasteiger partial charge in [0.25, 0.3) is 0 Å². The van der Waals surface area contributed by atoms with E-state index in [1.165, 1.54) is 5.57 Å². The van der Waals surface area contributed by atoms with Crippen LogP contribution in [0.25, 0.3) is 0 Å². The maximum Gasteiger partial charge on any atom is 0.399 e. The van der Waals surface area contributed by atoms with Crippen molar-refractivity contribution in [1.82, 2.24) is 0 Å². The van der Waals surface area contributed by atoms with Gasteiger partial charge in [-0.25, -0.2) is 12.5 Å². The highest BCUT2D eigenvalue weighted by Gasteiger charge is 2.18. The van der Waals surface area contributed by atoms with Crippen molar-refractivity contribution in [2.45, 2.75) is 118 Å². The first kappa shape index (κ1) is 60.3. The van der Waals surface area contributed by atoms with E-state index in [-0.39, 0.29) is 58.3 Å². The molecule has 0 aliphatic heterocycles. The number of rotatable bonds is 9. The lowest BCUT2D eigenvalue weighted by Gasteiger charge is -2.18. The largest absolute Gasteiger partial charge is 0.399 e. The molecule has 0 amide bonds. The Balaban J connectivity index is -0.0000000666. The molecule has 0 aromatic carbocycles. The third kappa shape index (κ3) is 106. The molecule has 15 heteroatoms. The van der Waals surface area contributed by atoms with Crippen molar-refractivity contribution in [3.8, 4) is 0 Å². The molecule has 264 valence electrons. The highest BCUT2D eigenvalue weighted by atomic mass is 32.3. The van der Waals surface area contributed by atoms with E-state index in [0.29, 0.717) is 19.3 Å². The smallest absolute Gasteiger partial charge is 0.264 e. The first-order valence-corrected chi connectivity index (χ1v) is 15.9. The van der Waals surface area contributed by atoms with Crippen LogP contribution in [0.5, 0.6) is 0 Å². The van der Waals surface area contributed by atoms with Gasteiger partial charge < -0.3 is 0 Å². The molecule has 0 saturated heterocycles. The highest BCUT2D eigenvalue weighted by molar-refractivity contribution is 7.81. The molecule has 0 unspecified atom stereocenters. The molecule has 0 aliphatic carbocycles. The van der Waals surface area contributed by atoms with Crippen LogP contribution in [0.4, 0.5) is 0 Å². The molecular formula is C27H66O12S3. The summed E-state index contributed by atoms with van der Waals surface area (Å²) in [6.07, 6.45) is 1.94. The van der Waals surface area contributed by atoms with Gasteiger partial charge in [-0.05, 0) is 49.4 Å². The van der Waals surface area contributed by atoms with Gasteiger partial charge >= 0.3 is 31.2 Å². The lowest BCUT2D eigenvalue weighted by molar-refractivity contribution is 0.175. The predicted octanol–water partition coefficient (Wildman–Crippen LogP) is 8.02. The van der Waals surface area contributed by atoms with Crippen LogP contribution < -0.4 is 0 Å². The van der Waals surface area contributed by atoms with E-state index in [2.05, 4.69) is 23.9 Å². The number of hydrogen-bond donors (Lipinski definition) is 3. The molecule has 0 aromatic rings. The molecule has 0 spiro atoms. The van der Waals surface area contributed by atoms with Crippen LogP contribution in [0.15, 0.2) is 25.3 Å². The predicted molar refractivity (Wildman–Crippen MR) is 177 cm³/mol. The summed E-state index contributed by atoms with van der Waals surface area (Å²) in [5.74, 6) is 0. The lowest BCUT2D eigenvalue weighted by atomic mass is 9.93. The normalized spacial score (nSPS) is 11.3. The molecule has 0 heterocycles. The van der Waals surface area contributed by atoms with Gasteiger partial charge in [0.2, 0.25) is 0 Å². The summed E-state index contributed by atoms with van der Waals surface area (Å²) in [6.45, 7) is 31.9. The number of allylic oxidation sites excluding steroid dienone is 1. The van der Waals surface area contributed by atoms with Crippen LogP contribution in [-0.4, -0.2) is 58.7 Å². The molecule has 0 atom stereocenters. The zero-order valence-corrected chi connectivity index (χ0v) is 28.1. The van der Waals surface area contributed by atoms with Gasteiger partial charge in [0.1, 0.15) is 0 Å². The molecule has 0 radical (unpaired) electrons. The zero-order valence-electron chi connectivity index (χ0n) is 25.6. The molecule has 0 fully saturated rings. The van der Waals surface area contributed by atoms with Gasteiger partial charge in [-0.15, -0.1) is 19.7 Å². The van der Waals surface area contributed by atoms with Gasteiger partial charge in [0.15, 0.2) is 0 Å². The zero-order chi connectivity index (χ0) is 32.9. The lowest BCUT2D eigenvalue weighted by Crippen LogP contribution is -2.18. The van der Waals surface area contributed by atoms with Crippen molar-refractivity contribution in [3.63, 3.8) is 0 Å². The molecule has 42 heavy (non-hydrogen) atoms. The summed E-state index contributed by atoms with van der Waals surface area (Å²) >= 11 is 0.